The highest BCUT2D eigenvalue weighted by atomic mass is 16.5. The molecule has 1 aliphatic heterocycles. The van der Waals surface area contributed by atoms with Crippen LogP contribution < -0.4 is 0 Å². The molecule has 0 unspecified atom stereocenters. The van der Waals surface area contributed by atoms with Crippen LogP contribution in [0.1, 0.15) is 33.5 Å². The molecule has 0 N–H and O–H groups in total. The van der Waals surface area contributed by atoms with E-state index in [-0.39, 0.29) is 12.0 Å². The zero-order valence-electron chi connectivity index (χ0n) is 15.0. The monoisotopic (exact) mass is 340 g/mol. The third-order valence-corrected chi connectivity index (χ3v) is 4.15. The van der Waals surface area contributed by atoms with Crippen LogP contribution in [0.4, 0.5) is 0 Å². The van der Waals surface area contributed by atoms with Crippen molar-refractivity contribution in [3.05, 3.63) is 59.2 Å². The van der Waals surface area contributed by atoms with Gasteiger partial charge in [0.25, 0.3) is 5.91 Å². The van der Waals surface area contributed by atoms with Crippen molar-refractivity contribution in [3.8, 4) is 0 Å². The van der Waals surface area contributed by atoms with Crippen LogP contribution in [-0.2, 0) is 11.3 Å². The molecule has 2 aromatic rings. The summed E-state index contributed by atoms with van der Waals surface area (Å²) in [6, 6.07) is 9.66. The molecule has 3 rings (SSSR count). The summed E-state index contributed by atoms with van der Waals surface area (Å²) in [5.41, 5.74) is 2.79. The molecule has 25 heavy (non-hydrogen) atoms. The van der Waals surface area contributed by atoms with Gasteiger partial charge >= 0.3 is 0 Å². The van der Waals surface area contributed by atoms with Gasteiger partial charge in [-0.05, 0) is 44.8 Å². The Hall–Kier alpha value is -2.31. The fraction of sp³-hybridized carbons (Fsp3) is 0.421. The maximum Gasteiger partial charge on any atom is 0.254 e. The molecule has 1 fully saturated rings. The number of hydrogen-bond donors (Lipinski definition) is 0. The van der Waals surface area contributed by atoms with Gasteiger partial charge in [-0.2, -0.15) is 0 Å². The molecular weight excluding hydrogens is 316 g/mol. The van der Waals surface area contributed by atoms with Gasteiger partial charge in [-0.3, -0.25) is 4.79 Å². The Morgan fingerprint density at radius 1 is 1.28 bits per heavy atom. The Morgan fingerprint density at radius 2 is 2.04 bits per heavy atom. The number of amides is 1. The number of benzene rings is 1. The predicted octanol–water partition coefficient (Wildman–Crippen LogP) is 2.06. The Balaban J connectivity index is 1.69. The number of morpholine rings is 1. The van der Waals surface area contributed by atoms with Crippen molar-refractivity contribution in [2.24, 2.45) is 0 Å². The zero-order valence-corrected chi connectivity index (χ0v) is 15.0. The largest absolute Gasteiger partial charge is 0.367 e. The summed E-state index contributed by atoms with van der Waals surface area (Å²) in [7, 11) is 4.06. The first-order chi connectivity index (χ1) is 12.0. The van der Waals surface area contributed by atoms with Crippen LogP contribution >= 0.6 is 0 Å². The first-order valence-corrected chi connectivity index (χ1v) is 8.47. The first kappa shape index (κ1) is 17.5. The van der Waals surface area contributed by atoms with Gasteiger partial charge < -0.3 is 14.5 Å². The van der Waals surface area contributed by atoms with E-state index in [1.807, 2.05) is 56.3 Å². The molecule has 0 saturated carbocycles. The minimum Gasteiger partial charge on any atom is -0.367 e. The number of carbonyl (C=O) groups is 1. The van der Waals surface area contributed by atoms with Gasteiger partial charge in [0.1, 0.15) is 6.10 Å². The van der Waals surface area contributed by atoms with Gasteiger partial charge in [-0.15, -0.1) is 0 Å². The highest BCUT2D eigenvalue weighted by Gasteiger charge is 2.27. The van der Waals surface area contributed by atoms with Gasteiger partial charge in [0, 0.05) is 30.5 Å². The fourth-order valence-electron chi connectivity index (χ4n) is 2.91. The molecule has 0 spiro atoms. The number of nitrogens with zero attached hydrogens (tertiary/aromatic N) is 4. The normalized spacial score (nSPS) is 17.8. The van der Waals surface area contributed by atoms with E-state index in [0.717, 1.165) is 12.2 Å². The molecule has 1 aliphatic rings. The van der Waals surface area contributed by atoms with Gasteiger partial charge in [-0.1, -0.05) is 12.1 Å². The molecule has 1 amide bonds. The van der Waals surface area contributed by atoms with E-state index >= 15 is 0 Å². The Kier molecular flexibility index (Phi) is 5.40. The maximum atomic E-state index is 12.8. The second-order valence-corrected chi connectivity index (χ2v) is 6.60. The van der Waals surface area contributed by atoms with E-state index in [1.165, 1.54) is 5.56 Å². The van der Waals surface area contributed by atoms with Crippen molar-refractivity contribution in [1.82, 2.24) is 19.8 Å². The Morgan fingerprint density at radius 3 is 2.72 bits per heavy atom. The maximum absolute atomic E-state index is 12.8. The minimum atomic E-state index is -0.273. The minimum absolute atomic E-state index is 0.0253. The van der Waals surface area contributed by atoms with Crippen molar-refractivity contribution in [3.63, 3.8) is 0 Å². The van der Waals surface area contributed by atoms with Crippen LogP contribution in [0.3, 0.4) is 0 Å². The molecule has 2 heterocycles. The van der Waals surface area contributed by atoms with Crippen LogP contribution in [-0.4, -0.2) is 59.5 Å². The first-order valence-electron chi connectivity index (χ1n) is 8.47. The SMILES string of the molecule is Cc1ccnc([C@@H]2CN(C(=O)c3ccc(CN(C)C)cc3)CCO2)n1. The van der Waals surface area contributed by atoms with Gasteiger partial charge in [0.2, 0.25) is 0 Å². The predicted molar refractivity (Wildman–Crippen MR) is 95.2 cm³/mol. The van der Waals surface area contributed by atoms with E-state index in [4.69, 9.17) is 4.74 Å². The van der Waals surface area contributed by atoms with Gasteiger partial charge in [0.15, 0.2) is 5.82 Å². The van der Waals surface area contributed by atoms with Crippen LogP contribution in [0.5, 0.6) is 0 Å². The average molecular weight is 340 g/mol. The summed E-state index contributed by atoms with van der Waals surface area (Å²) >= 11 is 0. The molecule has 6 heteroatoms. The number of ether oxygens (including phenoxy) is 1. The molecular formula is C19H24N4O2. The lowest BCUT2D eigenvalue weighted by atomic mass is 10.1. The number of carbonyl (C=O) groups excluding carboxylic acids is 1. The van der Waals surface area contributed by atoms with Gasteiger partial charge in [-0.25, -0.2) is 9.97 Å². The average Bonchev–Trinajstić information content (AvgIpc) is 2.61. The molecule has 132 valence electrons. The van der Waals surface area contributed by atoms with Crippen molar-refractivity contribution in [2.45, 2.75) is 19.6 Å². The van der Waals surface area contributed by atoms with Crippen LogP contribution in [0, 0.1) is 6.92 Å². The molecule has 1 atom stereocenters. The smallest absolute Gasteiger partial charge is 0.254 e. The van der Waals surface area contributed by atoms with E-state index in [1.54, 1.807) is 6.20 Å². The second-order valence-electron chi connectivity index (χ2n) is 6.60. The molecule has 0 aliphatic carbocycles. The van der Waals surface area contributed by atoms with Crippen LogP contribution in [0.15, 0.2) is 36.5 Å². The van der Waals surface area contributed by atoms with Gasteiger partial charge in [0.05, 0.1) is 13.2 Å². The van der Waals surface area contributed by atoms with Crippen molar-refractivity contribution < 1.29 is 9.53 Å². The third kappa shape index (κ3) is 4.41. The lowest BCUT2D eigenvalue weighted by Gasteiger charge is -2.32. The standard InChI is InChI=1S/C19H24N4O2/c1-14-8-9-20-18(21-14)17-13-23(10-11-25-17)19(24)16-6-4-15(5-7-16)12-22(2)3/h4-9,17H,10-13H2,1-3H3/t17-/m0/s1. The second kappa shape index (κ2) is 7.72. The van der Waals surface area contributed by atoms with Crippen molar-refractivity contribution in [2.75, 3.05) is 33.8 Å². The zero-order chi connectivity index (χ0) is 17.8. The van der Waals surface area contributed by atoms with E-state index in [2.05, 4.69) is 14.9 Å². The van der Waals surface area contributed by atoms with Crippen molar-refractivity contribution in [1.29, 1.82) is 0 Å². The molecule has 1 aromatic heterocycles. The fourth-order valence-corrected chi connectivity index (χ4v) is 2.91. The number of aryl methyl sites for hydroxylation is 1. The Bertz CT molecular complexity index is 730. The molecule has 1 saturated heterocycles. The topological polar surface area (TPSA) is 58.6 Å². The number of aromatic nitrogens is 2. The highest BCUT2D eigenvalue weighted by molar-refractivity contribution is 5.94. The summed E-state index contributed by atoms with van der Waals surface area (Å²) in [6.45, 7) is 4.33. The quantitative estimate of drug-likeness (QED) is 0.853. The van der Waals surface area contributed by atoms with E-state index in [9.17, 15) is 4.79 Å². The lowest BCUT2D eigenvalue weighted by molar-refractivity contribution is -0.0268. The van der Waals surface area contributed by atoms with E-state index in [0.29, 0.717) is 31.1 Å². The molecule has 0 radical (unpaired) electrons. The van der Waals surface area contributed by atoms with Crippen LogP contribution in [0.25, 0.3) is 0 Å². The summed E-state index contributed by atoms with van der Waals surface area (Å²) in [5, 5.41) is 0. The summed E-state index contributed by atoms with van der Waals surface area (Å²) < 4.78 is 5.77. The summed E-state index contributed by atoms with van der Waals surface area (Å²) in [6.07, 6.45) is 1.45. The third-order valence-electron chi connectivity index (χ3n) is 4.15. The lowest BCUT2D eigenvalue weighted by Crippen LogP contribution is -2.42. The molecule has 1 aromatic carbocycles. The molecule has 6 nitrogen and oxygen atoms in total. The summed E-state index contributed by atoms with van der Waals surface area (Å²) in [5.74, 6) is 0.663. The van der Waals surface area contributed by atoms with Crippen LogP contribution in [0.2, 0.25) is 0 Å². The Labute approximate surface area is 148 Å². The van der Waals surface area contributed by atoms with E-state index < -0.39 is 0 Å². The summed E-state index contributed by atoms with van der Waals surface area (Å²) in [4.78, 5) is 25.4. The number of hydrogen-bond acceptors (Lipinski definition) is 5. The number of rotatable bonds is 4. The van der Waals surface area contributed by atoms with Crippen molar-refractivity contribution >= 4 is 5.91 Å². The highest BCUT2D eigenvalue weighted by Crippen LogP contribution is 2.21. The molecule has 0 bridgehead atoms.